The number of nitrogens with zero attached hydrogens (tertiary/aromatic N) is 1. The first kappa shape index (κ1) is 13.8. The highest BCUT2D eigenvalue weighted by molar-refractivity contribution is 9.10. The molecule has 1 heterocycles. The number of nitro groups is 1. The van der Waals surface area contributed by atoms with E-state index in [9.17, 15) is 15.2 Å². The summed E-state index contributed by atoms with van der Waals surface area (Å²) in [4.78, 5) is 10.4. The van der Waals surface area contributed by atoms with Crippen LogP contribution in [0.2, 0.25) is 0 Å². The van der Waals surface area contributed by atoms with E-state index in [0.717, 1.165) is 0 Å². The Labute approximate surface area is 118 Å². The fraction of sp³-hybridized carbons (Fsp3) is 0.231. The van der Waals surface area contributed by atoms with Gasteiger partial charge in [-0.25, -0.2) is 0 Å². The second-order valence-corrected chi connectivity index (χ2v) is 4.90. The molecule has 6 heteroatoms. The fourth-order valence-corrected chi connectivity index (χ4v) is 2.09. The van der Waals surface area contributed by atoms with Crippen molar-refractivity contribution in [3.8, 4) is 11.3 Å². The second-order valence-electron chi connectivity index (χ2n) is 4.05. The number of hydrogen-bond donors (Lipinski definition) is 1. The third-order valence-corrected chi connectivity index (χ3v) is 3.44. The number of nitro benzene ring substituents is 1. The Morgan fingerprint density at radius 1 is 1.42 bits per heavy atom. The van der Waals surface area contributed by atoms with Crippen molar-refractivity contribution in [2.24, 2.45) is 0 Å². The topological polar surface area (TPSA) is 76.5 Å². The quantitative estimate of drug-likeness (QED) is 0.679. The molecule has 5 nitrogen and oxygen atoms in total. The van der Waals surface area contributed by atoms with E-state index in [1.807, 2.05) is 6.92 Å². The minimum atomic E-state index is -0.654. The fourth-order valence-electron chi connectivity index (χ4n) is 1.69. The summed E-state index contributed by atoms with van der Waals surface area (Å²) >= 11 is 3.13. The van der Waals surface area contributed by atoms with E-state index in [4.69, 9.17) is 4.42 Å². The summed E-state index contributed by atoms with van der Waals surface area (Å²) in [6.45, 7) is 1.84. The standard InChI is InChI=1S/C13H12BrNO4/c1-2-11(16)13-6-5-12(19-13)8-3-4-9(14)10(7-8)15(17)18/h3-7,11,16H,2H2,1H3. The molecule has 2 rings (SSSR count). The highest BCUT2D eigenvalue weighted by atomic mass is 79.9. The van der Waals surface area contributed by atoms with Gasteiger partial charge in [-0.3, -0.25) is 10.1 Å². The van der Waals surface area contributed by atoms with E-state index in [-0.39, 0.29) is 5.69 Å². The summed E-state index contributed by atoms with van der Waals surface area (Å²) in [6.07, 6.45) is -0.104. The summed E-state index contributed by atoms with van der Waals surface area (Å²) in [7, 11) is 0. The van der Waals surface area contributed by atoms with Crippen LogP contribution in [-0.4, -0.2) is 10.0 Å². The van der Waals surface area contributed by atoms with Gasteiger partial charge in [-0.1, -0.05) is 6.92 Å². The molecule has 1 aromatic heterocycles. The van der Waals surface area contributed by atoms with Crippen LogP contribution in [0.3, 0.4) is 0 Å². The van der Waals surface area contributed by atoms with Crippen molar-refractivity contribution in [3.63, 3.8) is 0 Å². The number of benzene rings is 1. The molecular formula is C13H12BrNO4. The summed E-state index contributed by atoms with van der Waals surface area (Å²) in [5, 5.41) is 20.5. The van der Waals surface area contributed by atoms with E-state index in [2.05, 4.69) is 15.9 Å². The first-order valence-electron chi connectivity index (χ1n) is 5.75. The minimum absolute atomic E-state index is 0.0218. The van der Waals surface area contributed by atoms with Crippen LogP contribution < -0.4 is 0 Å². The molecule has 0 aliphatic heterocycles. The average molecular weight is 326 g/mol. The number of rotatable bonds is 4. The summed E-state index contributed by atoms with van der Waals surface area (Å²) < 4.78 is 5.93. The van der Waals surface area contributed by atoms with Crippen molar-refractivity contribution in [2.75, 3.05) is 0 Å². The molecule has 0 bridgehead atoms. The Morgan fingerprint density at radius 2 is 2.16 bits per heavy atom. The third-order valence-electron chi connectivity index (χ3n) is 2.77. The second kappa shape index (κ2) is 5.54. The molecule has 1 aromatic carbocycles. The SMILES string of the molecule is CCC(O)c1ccc(-c2ccc(Br)c([N+](=O)[O-])c2)o1. The first-order valence-corrected chi connectivity index (χ1v) is 6.54. The molecule has 1 N–H and O–H groups in total. The van der Waals surface area contributed by atoms with Crippen LogP contribution in [0.1, 0.15) is 25.2 Å². The van der Waals surface area contributed by atoms with Gasteiger partial charge in [0.25, 0.3) is 5.69 Å². The van der Waals surface area contributed by atoms with E-state index in [1.165, 1.54) is 6.07 Å². The van der Waals surface area contributed by atoms with Gasteiger partial charge in [0, 0.05) is 11.6 Å². The van der Waals surface area contributed by atoms with Gasteiger partial charge in [0.2, 0.25) is 0 Å². The van der Waals surface area contributed by atoms with Crippen LogP contribution in [0.25, 0.3) is 11.3 Å². The van der Waals surface area contributed by atoms with E-state index < -0.39 is 11.0 Å². The molecule has 0 aliphatic rings. The number of furan rings is 1. The Balaban J connectivity index is 2.39. The van der Waals surface area contributed by atoms with Gasteiger partial charge in [-0.2, -0.15) is 0 Å². The van der Waals surface area contributed by atoms with Crippen molar-refractivity contribution in [3.05, 3.63) is 50.7 Å². The highest BCUT2D eigenvalue weighted by Crippen LogP contribution is 2.32. The Bertz CT molecular complexity index is 608. The maximum Gasteiger partial charge on any atom is 0.284 e. The van der Waals surface area contributed by atoms with E-state index in [1.54, 1.807) is 24.3 Å². The predicted molar refractivity (Wildman–Crippen MR) is 73.7 cm³/mol. The van der Waals surface area contributed by atoms with E-state index >= 15 is 0 Å². The van der Waals surface area contributed by atoms with Crippen LogP contribution in [-0.2, 0) is 0 Å². The average Bonchev–Trinajstić information content (AvgIpc) is 2.87. The lowest BCUT2D eigenvalue weighted by Gasteiger charge is -2.03. The lowest BCUT2D eigenvalue weighted by molar-refractivity contribution is -0.385. The molecule has 0 amide bonds. The molecule has 19 heavy (non-hydrogen) atoms. The zero-order valence-electron chi connectivity index (χ0n) is 10.2. The smallest absolute Gasteiger partial charge is 0.284 e. The Kier molecular flexibility index (Phi) is 4.01. The first-order chi connectivity index (χ1) is 9.02. The predicted octanol–water partition coefficient (Wildman–Crippen LogP) is 4.06. The van der Waals surface area contributed by atoms with Crippen molar-refractivity contribution in [2.45, 2.75) is 19.4 Å². The largest absolute Gasteiger partial charge is 0.458 e. The van der Waals surface area contributed by atoms with Crippen LogP contribution in [0, 0.1) is 10.1 Å². The van der Waals surface area contributed by atoms with Gasteiger partial charge in [-0.15, -0.1) is 0 Å². The van der Waals surface area contributed by atoms with Gasteiger partial charge in [0.05, 0.1) is 9.40 Å². The molecule has 0 saturated heterocycles. The van der Waals surface area contributed by atoms with Crippen LogP contribution in [0.5, 0.6) is 0 Å². The monoisotopic (exact) mass is 325 g/mol. The van der Waals surface area contributed by atoms with Crippen LogP contribution >= 0.6 is 15.9 Å². The molecule has 0 radical (unpaired) electrons. The summed E-state index contributed by atoms with van der Waals surface area (Å²) in [5.74, 6) is 0.959. The Morgan fingerprint density at radius 3 is 2.79 bits per heavy atom. The number of hydrogen-bond acceptors (Lipinski definition) is 4. The van der Waals surface area contributed by atoms with Crippen molar-refractivity contribution in [1.29, 1.82) is 0 Å². The molecule has 1 atom stereocenters. The van der Waals surface area contributed by atoms with Gasteiger partial charge in [0.15, 0.2) is 0 Å². The summed E-state index contributed by atoms with van der Waals surface area (Å²) in [5.41, 5.74) is 0.580. The number of halogens is 1. The highest BCUT2D eigenvalue weighted by Gasteiger charge is 2.16. The van der Waals surface area contributed by atoms with Gasteiger partial charge < -0.3 is 9.52 Å². The minimum Gasteiger partial charge on any atom is -0.458 e. The van der Waals surface area contributed by atoms with Crippen molar-refractivity contribution < 1.29 is 14.4 Å². The lowest BCUT2D eigenvalue weighted by Crippen LogP contribution is -1.91. The van der Waals surface area contributed by atoms with E-state index in [0.29, 0.717) is 28.0 Å². The lowest BCUT2D eigenvalue weighted by atomic mass is 10.1. The van der Waals surface area contributed by atoms with Gasteiger partial charge >= 0.3 is 0 Å². The molecule has 0 aliphatic carbocycles. The molecule has 0 fully saturated rings. The molecular weight excluding hydrogens is 314 g/mol. The molecule has 2 aromatic rings. The molecule has 100 valence electrons. The maximum absolute atomic E-state index is 10.9. The molecule has 0 spiro atoms. The number of aliphatic hydroxyl groups is 1. The van der Waals surface area contributed by atoms with Crippen LogP contribution in [0.4, 0.5) is 5.69 Å². The van der Waals surface area contributed by atoms with Crippen molar-refractivity contribution in [1.82, 2.24) is 0 Å². The normalized spacial score (nSPS) is 12.4. The molecule has 1 unspecified atom stereocenters. The van der Waals surface area contributed by atoms with Gasteiger partial charge in [-0.05, 0) is 46.6 Å². The zero-order valence-corrected chi connectivity index (χ0v) is 11.8. The van der Waals surface area contributed by atoms with Crippen molar-refractivity contribution >= 4 is 21.6 Å². The zero-order chi connectivity index (χ0) is 14.0. The van der Waals surface area contributed by atoms with Crippen LogP contribution in [0.15, 0.2) is 39.2 Å². The van der Waals surface area contributed by atoms with Gasteiger partial charge in [0.1, 0.15) is 17.6 Å². The molecule has 0 saturated carbocycles. The summed E-state index contributed by atoms with van der Waals surface area (Å²) in [6, 6.07) is 8.13. The third kappa shape index (κ3) is 2.85. The Hall–Kier alpha value is -1.66. The maximum atomic E-state index is 10.9. The number of aliphatic hydroxyl groups excluding tert-OH is 1.